The average Bonchev–Trinajstić information content (AvgIpc) is 3.73. The Kier molecular flexibility index (Phi) is 6.68. The van der Waals surface area contributed by atoms with Crippen molar-refractivity contribution in [2.45, 2.75) is 56.8 Å². The molecule has 0 bridgehead atoms. The molecule has 0 radical (unpaired) electrons. The van der Waals surface area contributed by atoms with Crippen LogP contribution in [0.15, 0.2) is 93.8 Å². The van der Waals surface area contributed by atoms with Crippen LogP contribution in [0.1, 0.15) is 56.2 Å². The zero-order valence-electron chi connectivity index (χ0n) is 27.9. The molecule has 0 aliphatic carbocycles. The SMILES string of the molecule is CC(C)c1cc2c(oc3c[c]([Ge]([CH3])([CH3])[CH3])ccc32)c(C(C)C)c1-n1c(-c2cccc3c2oc2cc(C#N)ccc23)nc2ccccc21. The molecule has 5 nitrogen and oxygen atoms in total. The molecule has 47 heavy (non-hydrogen) atoms. The summed E-state index contributed by atoms with van der Waals surface area (Å²) in [7, 11) is 0. The summed E-state index contributed by atoms with van der Waals surface area (Å²) in [6, 6.07) is 31.7. The summed E-state index contributed by atoms with van der Waals surface area (Å²) < 4.78 is 17.2. The van der Waals surface area contributed by atoms with Crippen LogP contribution in [-0.2, 0) is 0 Å². The molecule has 3 heterocycles. The van der Waals surface area contributed by atoms with Gasteiger partial charge in [0, 0.05) is 5.39 Å². The molecule has 8 aromatic rings. The summed E-state index contributed by atoms with van der Waals surface area (Å²) in [6.45, 7) is 9.07. The molecule has 0 unspecified atom stereocenters. The van der Waals surface area contributed by atoms with Gasteiger partial charge in [0.25, 0.3) is 0 Å². The van der Waals surface area contributed by atoms with E-state index in [2.05, 4.69) is 116 Å². The predicted octanol–water partition coefficient (Wildman–Crippen LogP) is 11.2. The number of imidazole rings is 1. The monoisotopic (exact) mass is 677 g/mol. The van der Waals surface area contributed by atoms with Crippen LogP contribution in [0.2, 0.25) is 17.3 Å². The Morgan fingerprint density at radius 1 is 0.723 bits per heavy atom. The maximum atomic E-state index is 9.55. The van der Waals surface area contributed by atoms with Crippen LogP contribution in [-0.4, -0.2) is 22.8 Å². The maximum absolute atomic E-state index is 9.55. The first-order valence-electron chi connectivity index (χ1n) is 16.4. The van der Waals surface area contributed by atoms with Gasteiger partial charge in [0.1, 0.15) is 5.58 Å². The molecular weight excluding hydrogens is 639 g/mol. The van der Waals surface area contributed by atoms with E-state index in [9.17, 15) is 5.26 Å². The van der Waals surface area contributed by atoms with Crippen LogP contribution in [0.4, 0.5) is 0 Å². The minimum atomic E-state index is -2.07. The summed E-state index contributed by atoms with van der Waals surface area (Å²) in [5.41, 5.74) is 10.4. The van der Waals surface area contributed by atoms with Crippen molar-refractivity contribution in [2.24, 2.45) is 0 Å². The van der Waals surface area contributed by atoms with Gasteiger partial charge in [-0.15, -0.1) is 0 Å². The Balaban J connectivity index is 1.51. The first-order chi connectivity index (χ1) is 22.5. The van der Waals surface area contributed by atoms with Gasteiger partial charge < -0.3 is 0 Å². The van der Waals surface area contributed by atoms with Crippen LogP contribution in [0.25, 0.3) is 72.0 Å². The van der Waals surface area contributed by atoms with Crippen molar-refractivity contribution in [2.75, 3.05) is 0 Å². The number of benzene rings is 5. The van der Waals surface area contributed by atoms with Crippen LogP contribution in [0.5, 0.6) is 0 Å². The van der Waals surface area contributed by atoms with Gasteiger partial charge in [-0.2, -0.15) is 5.26 Å². The molecule has 3 aromatic heterocycles. The second kappa shape index (κ2) is 10.6. The van der Waals surface area contributed by atoms with Crippen molar-refractivity contribution >= 4 is 72.6 Å². The van der Waals surface area contributed by atoms with E-state index in [4.69, 9.17) is 13.8 Å². The zero-order valence-corrected chi connectivity index (χ0v) is 30.0. The van der Waals surface area contributed by atoms with Gasteiger partial charge in [0.15, 0.2) is 0 Å². The van der Waals surface area contributed by atoms with E-state index in [1.165, 1.54) is 26.3 Å². The van der Waals surface area contributed by atoms with Gasteiger partial charge in [0.2, 0.25) is 0 Å². The molecule has 0 N–H and O–H groups in total. The third-order valence-electron chi connectivity index (χ3n) is 9.52. The van der Waals surface area contributed by atoms with Crippen molar-refractivity contribution in [3.05, 3.63) is 102 Å². The van der Waals surface area contributed by atoms with Crippen LogP contribution in [0, 0.1) is 11.3 Å². The Morgan fingerprint density at radius 2 is 1.45 bits per heavy atom. The van der Waals surface area contributed by atoms with Gasteiger partial charge in [0.05, 0.1) is 11.6 Å². The van der Waals surface area contributed by atoms with E-state index in [0.717, 1.165) is 55.6 Å². The Hall–Kier alpha value is -4.80. The van der Waals surface area contributed by atoms with E-state index in [1.54, 1.807) is 0 Å². The van der Waals surface area contributed by atoms with E-state index in [1.807, 2.05) is 24.3 Å². The summed E-state index contributed by atoms with van der Waals surface area (Å²) in [5, 5.41) is 13.9. The fourth-order valence-electron chi connectivity index (χ4n) is 7.12. The van der Waals surface area contributed by atoms with Gasteiger partial charge in [-0.3, -0.25) is 0 Å². The number of furan rings is 2. The van der Waals surface area contributed by atoms with Crippen molar-refractivity contribution in [3.63, 3.8) is 0 Å². The van der Waals surface area contributed by atoms with Crippen LogP contribution < -0.4 is 4.40 Å². The molecule has 0 aliphatic heterocycles. The number of hydrogen-bond donors (Lipinski definition) is 0. The number of nitrogens with zero attached hydrogens (tertiary/aromatic N) is 3. The van der Waals surface area contributed by atoms with Gasteiger partial charge in [-0.1, -0.05) is 6.07 Å². The molecular formula is C41H37GeN3O2. The number of nitriles is 1. The standard InChI is InChI=1S/C41H37GeN3O2/c1-23(2)31-21-32-28-18-16-26(42(5,6)7)20-36(28)47-40(32)37(24(3)4)38(31)45-34-14-9-8-13-33(34)44-41(45)30-12-10-11-29-27-17-15-25(22-43)19-35(27)46-39(29)30/h8-21,23-24H,1-7H3. The van der Waals surface area contributed by atoms with E-state index in [-0.39, 0.29) is 11.8 Å². The molecule has 0 aliphatic rings. The molecule has 0 atom stereocenters. The summed E-state index contributed by atoms with van der Waals surface area (Å²) in [4.78, 5) is 5.30. The summed E-state index contributed by atoms with van der Waals surface area (Å²) in [5.74, 6) is 8.51. The van der Waals surface area contributed by atoms with Gasteiger partial charge >= 0.3 is 226 Å². The Morgan fingerprint density at radius 3 is 2.19 bits per heavy atom. The normalized spacial score (nSPS) is 12.5. The topological polar surface area (TPSA) is 67.9 Å². The Labute approximate surface area is 276 Å². The van der Waals surface area contributed by atoms with Crippen LogP contribution in [0.3, 0.4) is 0 Å². The van der Waals surface area contributed by atoms with E-state index in [0.29, 0.717) is 11.1 Å². The number of hydrogen-bond acceptors (Lipinski definition) is 4. The Bertz CT molecular complexity index is 2580. The molecule has 0 saturated carbocycles. The number of para-hydroxylation sites is 3. The van der Waals surface area contributed by atoms with Gasteiger partial charge in [-0.05, 0) is 18.2 Å². The van der Waals surface area contributed by atoms with Gasteiger partial charge in [-0.25, -0.2) is 0 Å². The third-order valence-corrected chi connectivity index (χ3v) is 13.8. The first kappa shape index (κ1) is 29.6. The van der Waals surface area contributed by atoms with Crippen molar-refractivity contribution in [1.82, 2.24) is 9.55 Å². The van der Waals surface area contributed by atoms with Crippen molar-refractivity contribution < 1.29 is 8.83 Å². The molecule has 6 heteroatoms. The quantitative estimate of drug-likeness (QED) is 0.170. The number of fused-ring (bicyclic) bond motifs is 7. The second-order valence-electron chi connectivity index (χ2n) is 14.3. The molecule has 8 rings (SSSR count). The molecule has 232 valence electrons. The average molecular weight is 676 g/mol. The minimum absolute atomic E-state index is 0.173. The van der Waals surface area contributed by atoms with Crippen molar-refractivity contribution in [3.8, 4) is 23.1 Å². The fraction of sp³-hybridized carbons (Fsp3) is 0.220. The molecule has 5 aromatic carbocycles. The second-order valence-corrected chi connectivity index (χ2v) is 25.0. The third kappa shape index (κ3) is 4.53. The first-order valence-corrected chi connectivity index (χ1v) is 23.8. The van der Waals surface area contributed by atoms with E-state index < -0.39 is 13.3 Å². The molecule has 0 saturated heterocycles. The summed E-state index contributed by atoms with van der Waals surface area (Å²) >= 11 is -2.07. The zero-order chi connectivity index (χ0) is 32.8. The van der Waals surface area contributed by atoms with E-state index >= 15 is 0 Å². The molecule has 0 amide bonds. The van der Waals surface area contributed by atoms with Crippen molar-refractivity contribution in [1.29, 1.82) is 5.26 Å². The van der Waals surface area contributed by atoms with Crippen LogP contribution >= 0.6 is 0 Å². The fourth-order valence-corrected chi connectivity index (χ4v) is 9.52. The molecule has 0 fully saturated rings. The molecule has 0 spiro atoms. The number of rotatable bonds is 5. The predicted molar refractivity (Wildman–Crippen MR) is 197 cm³/mol. The summed E-state index contributed by atoms with van der Waals surface area (Å²) in [6.07, 6.45) is 0. The number of aromatic nitrogens is 2.